The maximum atomic E-state index is 13.7. The summed E-state index contributed by atoms with van der Waals surface area (Å²) in [6.07, 6.45) is 0.724. The number of anilines is 2. The summed E-state index contributed by atoms with van der Waals surface area (Å²) in [4.78, 5) is 29.1. The third-order valence-corrected chi connectivity index (χ3v) is 6.33. The number of hydrogen-bond donors (Lipinski definition) is 3. The van der Waals surface area contributed by atoms with E-state index in [1.165, 1.54) is 24.4 Å². The summed E-state index contributed by atoms with van der Waals surface area (Å²) >= 11 is 0. The van der Waals surface area contributed by atoms with Crippen LogP contribution in [0.5, 0.6) is 0 Å². The van der Waals surface area contributed by atoms with Gasteiger partial charge in [-0.3, -0.25) is 4.79 Å². The molecule has 0 spiro atoms. The highest BCUT2D eigenvalue weighted by molar-refractivity contribution is 5.82. The predicted octanol–water partition coefficient (Wildman–Crippen LogP) is 4.78. The van der Waals surface area contributed by atoms with Crippen LogP contribution in [0.15, 0.2) is 54.7 Å². The molecule has 41 heavy (non-hydrogen) atoms. The summed E-state index contributed by atoms with van der Waals surface area (Å²) in [6.45, 7) is 2.00. The number of carbonyl (C=O) groups excluding carboxylic acids is 1. The second-order valence-electron chi connectivity index (χ2n) is 9.55. The van der Waals surface area contributed by atoms with E-state index in [1.54, 1.807) is 25.1 Å². The number of ether oxygens (including phenoxy) is 2. The standard InChI is InChI=1S/C28H24F3N7O3/c1-28(26(39)33-11-2-10-32)14-40-25(41-15-28)24-37-22(16-3-5-17(29)6-4-16)23(38-24)21-9-12-34-27(36-21)35-18-7-8-19(30)20(31)13-18/h3-9,12-13,25H,2,11,14-15H2,1H3,(H,33,39)(H,37,38)(H,34,35,36). The van der Waals surface area contributed by atoms with Crippen molar-refractivity contribution in [3.05, 3.63) is 78.0 Å². The number of nitrogens with one attached hydrogen (secondary N) is 3. The van der Waals surface area contributed by atoms with Crippen LogP contribution < -0.4 is 10.6 Å². The number of H-pyrrole nitrogens is 1. The Morgan fingerprint density at radius 2 is 1.85 bits per heavy atom. The quantitative estimate of drug-likeness (QED) is 0.261. The topological polar surface area (TPSA) is 138 Å². The lowest BCUT2D eigenvalue weighted by Crippen LogP contribution is -2.48. The maximum Gasteiger partial charge on any atom is 0.230 e. The molecule has 1 aliphatic heterocycles. The number of aromatic amines is 1. The molecule has 13 heteroatoms. The summed E-state index contributed by atoms with van der Waals surface area (Å²) in [5.74, 6) is -2.31. The van der Waals surface area contributed by atoms with E-state index in [1.807, 2.05) is 6.07 Å². The van der Waals surface area contributed by atoms with Crippen molar-refractivity contribution in [1.82, 2.24) is 25.3 Å². The highest BCUT2D eigenvalue weighted by Gasteiger charge is 2.40. The molecule has 0 atom stereocenters. The third-order valence-electron chi connectivity index (χ3n) is 6.33. The lowest BCUT2D eigenvalue weighted by Gasteiger charge is -2.35. The van der Waals surface area contributed by atoms with E-state index in [0.29, 0.717) is 28.5 Å². The largest absolute Gasteiger partial charge is 0.354 e. The first-order valence-corrected chi connectivity index (χ1v) is 12.6. The molecular weight excluding hydrogens is 539 g/mol. The van der Waals surface area contributed by atoms with Crippen molar-refractivity contribution in [2.75, 3.05) is 25.1 Å². The minimum absolute atomic E-state index is 0.0355. The van der Waals surface area contributed by atoms with Gasteiger partial charge in [0, 0.05) is 30.1 Å². The van der Waals surface area contributed by atoms with Gasteiger partial charge in [-0.1, -0.05) is 0 Å². The number of amides is 1. The Kier molecular flexibility index (Phi) is 7.95. The highest BCUT2D eigenvalue weighted by Crippen LogP contribution is 2.35. The molecule has 0 bridgehead atoms. The Balaban J connectivity index is 1.42. The molecule has 2 aromatic carbocycles. The Morgan fingerprint density at radius 1 is 1.10 bits per heavy atom. The average molecular weight is 564 g/mol. The van der Waals surface area contributed by atoms with Crippen LogP contribution in [0.4, 0.5) is 24.8 Å². The lowest BCUT2D eigenvalue weighted by molar-refractivity contribution is -0.231. The number of aromatic nitrogens is 4. The van der Waals surface area contributed by atoms with Gasteiger partial charge < -0.3 is 25.1 Å². The molecule has 3 heterocycles. The minimum atomic E-state index is -1.02. The first-order valence-electron chi connectivity index (χ1n) is 12.6. The van der Waals surface area contributed by atoms with Gasteiger partial charge in [0.1, 0.15) is 5.82 Å². The lowest BCUT2D eigenvalue weighted by atomic mass is 9.91. The summed E-state index contributed by atoms with van der Waals surface area (Å²) in [5, 5.41) is 14.2. The molecule has 5 rings (SSSR count). The summed E-state index contributed by atoms with van der Waals surface area (Å²) in [6, 6.07) is 12.6. The van der Waals surface area contributed by atoms with Crippen molar-refractivity contribution < 1.29 is 27.4 Å². The van der Waals surface area contributed by atoms with Crippen LogP contribution in [0.2, 0.25) is 0 Å². The molecule has 1 amide bonds. The van der Waals surface area contributed by atoms with Crippen LogP contribution in [-0.4, -0.2) is 45.6 Å². The number of nitriles is 1. The molecule has 210 valence electrons. The van der Waals surface area contributed by atoms with Crippen molar-refractivity contribution in [3.63, 3.8) is 0 Å². The second kappa shape index (κ2) is 11.7. The third kappa shape index (κ3) is 6.19. The fraction of sp³-hybridized carbons (Fsp3) is 0.250. The molecule has 0 saturated carbocycles. The zero-order chi connectivity index (χ0) is 29.0. The van der Waals surface area contributed by atoms with Crippen molar-refractivity contribution in [2.45, 2.75) is 19.6 Å². The molecule has 0 unspecified atom stereocenters. The van der Waals surface area contributed by atoms with E-state index in [-0.39, 0.29) is 43.7 Å². The van der Waals surface area contributed by atoms with Gasteiger partial charge in [0.05, 0.1) is 48.2 Å². The Bertz CT molecular complexity index is 1600. The smallest absolute Gasteiger partial charge is 0.230 e. The van der Waals surface area contributed by atoms with Gasteiger partial charge in [-0.05, 0) is 49.4 Å². The fourth-order valence-corrected chi connectivity index (χ4v) is 4.11. The van der Waals surface area contributed by atoms with E-state index in [2.05, 4.69) is 30.6 Å². The van der Waals surface area contributed by atoms with Gasteiger partial charge in [-0.25, -0.2) is 28.1 Å². The monoisotopic (exact) mass is 563 g/mol. The van der Waals surface area contributed by atoms with Crippen LogP contribution in [0.3, 0.4) is 0 Å². The van der Waals surface area contributed by atoms with Crippen LogP contribution in [0.1, 0.15) is 25.5 Å². The van der Waals surface area contributed by atoms with Crippen molar-refractivity contribution in [3.8, 4) is 28.7 Å². The fourth-order valence-electron chi connectivity index (χ4n) is 4.11. The van der Waals surface area contributed by atoms with Crippen LogP contribution in [0, 0.1) is 34.2 Å². The van der Waals surface area contributed by atoms with E-state index in [0.717, 1.165) is 12.1 Å². The Hall–Kier alpha value is -4.80. The zero-order valence-corrected chi connectivity index (χ0v) is 21.7. The number of halogens is 3. The number of imidazole rings is 1. The van der Waals surface area contributed by atoms with Gasteiger partial charge in [0.15, 0.2) is 17.5 Å². The first-order chi connectivity index (χ1) is 19.8. The molecule has 2 aromatic heterocycles. The number of benzene rings is 2. The highest BCUT2D eigenvalue weighted by atomic mass is 19.2. The van der Waals surface area contributed by atoms with E-state index >= 15 is 0 Å². The van der Waals surface area contributed by atoms with Crippen LogP contribution in [0.25, 0.3) is 22.6 Å². The second-order valence-corrected chi connectivity index (χ2v) is 9.55. The van der Waals surface area contributed by atoms with Gasteiger partial charge in [-0.15, -0.1) is 0 Å². The molecule has 4 aromatic rings. The van der Waals surface area contributed by atoms with Crippen molar-refractivity contribution in [2.24, 2.45) is 5.41 Å². The summed E-state index contributed by atoms with van der Waals surface area (Å²) in [7, 11) is 0. The number of hydrogen-bond acceptors (Lipinski definition) is 8. The van der Waals surface area contributed by atoms with E-state index in [9.17, 15) is 18.0 Å². The molecule has 0 radical (unpaired) electrons. The van der Waals surface area contributed by atoms with Gasteiger partial charge in [0.25, 0.3) is 0 Å². The maximum absolute atomic E-state index is 13.7. The number of nitrogens with zero attached hydrogens (tertiary/aromatic N) is 4. The molecule has 10 nitrogen and oxygen atoms in total. The Morgan fingerprint density at radius 3 is 2.56 bits per heavy atom. The number of rotatable bonds is 8. The van der Waals surface area contributed by atoms with Crippen molar-refractivity contribution >= 4 is 17.5 Å². The molecular formula is C28H24F3N7O3. The van der Waals surface area contributed by atoms with Crippen molar-refractivity contribution in [1.29, 1.82) is 5.26 Å². The molecule has 1 saturated heterocycles. The first kappa shape index (κ1) is 27.8. The normalized spacial score (nSPS) is 18.5. The van der Waals surface area contributed by atoms with E-state index in [4.69, 9.17) is 14.7 Å². The predicted molar refractivity (Wildman–Crippen MR) is 141 cm³/mol. The van der Waals surface area contributed by atoms with Crippen LogP contribution in [-0.2, 0) is 14.3 Å². The zero-order valence-electron chi connectivity index (χ0n) is 21.7. The van der Waals surface area contributed by atoms with Gasteiger partial charge >= 0.3 is 0 Å². The SMILES string of the molecule is CC1(C(=O)NCCC#N)COC(c2nc(-c3ccc(F)cc3)c(-c3ccnc(Nc4ccc(F)c(F)c4)n3)[nH]2)OC1. The van der Waals surface area contributed by atoms with Gasteiger partial charge in [0.2, 0.25) is 18.1 Å². The molecule has 0 aliphatic carbocycles. The molecule has 1 fully saturated rings. The van der Waals surface area contributed by atoms with Gasteiger partial charge in [-0.2, -0.15) is 5.26 Å². The molecule has 3 N–H and O–H groups in total. The number of carbonyl (C=O) groups is 1. The summed E-state index contributed by atoms with van der Waals surface area (Å²) in [5.41, 5.74) is 1.11. The van der Waals surface area contributed by atoms with E-state index < -0.39 is 29.2 Å². The average Bonchev–Trinajstić information content (AvgIpc) is 3.41. The molecule has 1 aliphatic rings. The van der Waals surface area contributed by atoms with Crippen LogP contribution >= 0.6 is 0 Å². The summed E-state index contributed by atoms with van der Waals surface area (Å²) < 4.78 is 52.4. The minimum Gasteiger partial charge on any atom is -0.354 e. The Labute approximate surface area is 232 Å².